The predicted molar refractivity (Wildman–Crippen MR) is 76.7 cm³/mol. The molecule has 6 nitrogen and oxygen atoms in total. The molecule has 0 saturated carbocycles. The zero-order chi connectivity index (χ0) is 14.3. The number of fused-ring (bicyclic) bond motifs is 1. The lowest BCUT2D eigenvalue weighted by Crippen LogP contribution is -2.28. The van der Waals surface area contributed by atoms with Crippen LogP contribution in [0.4, 0.5) is 5.82 Å². The molecule has 3 heterocycles. The molecule has 1 aliphatic heterocycles. The van der Waals surface area contributed by atoms with Gasteiger partial charge in [-0.3, -0.25) is 9.69 Å². The average molecular weight is 334 g/mol. The zero-order valence-corrected chi connectivity index (χ0v) is 12.5. The van der Waals surface area contributed by atoms with E-state index in [9.17, 15) is 10.1 Å². The molecule has 1 aliphatic rings. The van der Waals surface area contributed by atoms with Gasteiger partial charge in [-0.05, 0) is 12.8 Å². The third-order valence-corrected chi connectivity index (χ3v) is 4.30. The third kappa shape index (κ3) is 1.96. The third-order valence-electron chi connectivity index (χ3n) is 3.38. The van der Waals surface area contributed by atoms with Crippen LogP contribution in [0.5, 0.6) is 0 Å². The van der Waals surface area contributed by atoms with E-state index in [2.05, 4.69) is 32.1 Å². The van der Waals surface area contributed by atoms with E-state index in [4.69, 9.17) is 0 Å². The molecule has 1 amide bonds. The van der Waals surface area contributed by atoms with Crippen molar-refractivity contribution in [1.29, 1.82) is 5.26 Å². The van der Waals surface area contributed by atoms with Gasteiger partial charge in [0.15, 0.2) is 11.5 Å². The predicted octanol–water partition coefficient (Wildman–Crippen LogP) is 1.66. The highest BCUT2D eigenvalue weighted by Gasteiger charge is 2.33. The Morgan fingerprint density at radius 3 is 3.05 bits per heavy atom. The minimum atomic E-state index is 0.0200. The summed E-state index contributed by atoms with van der Waals surface area (Å²) in [4.78, 5) is 18.0. The Bertz CT molecular complexity index is 732. The van der Waals surface area contributed by atoms with E-state index >= 15 is 0 Å². The molecule has 3 rings (SSSR count). The number of halogens is 1. The Balaban J connectivity index is 2.19. The van der Waals surface area contributed by atoms with Gasteiger partial charge in [0.2, 0.25) is 5.91 Å². The highest BCUT2D eigenvalue weighted by molar-refractivity contribution is 9.09. The molecule has 2 aromatic heterocycles. The van der Waals surface area contributed by atoms with Crippen molar-refractivity contribution in [1.82, 2.24) is 14.6 Å². The fourth-order valence-corrected chi connectivity index (χ4v) is 2.90. The maximum Gasteiger partial charge on any atom is 0.228 e. The van der Waals surface area contributed by atoms with Gasteiger partial charge in [0.25, 0.3) is 0 Å². The highest BCUT2D eigenvalue weighted by atomic mass is 79.9. The van der Waals surface area contributed by atoms with E-state index in [0.717, 1.165) is 11.0 Å². The Labute approximate surface area is 124 Å². The van der Waals surface area contributed by atoms with E-state index in [1.54, 1.807) is 9.42 Å². The van der Waals surface area contributed by atoms with Crippen LogP contribution < -0.4 is 4.90 Å². The Kier molecular flexibility index (Phi) is 3.18. The summed E-state index contributed by atoms with van der Waals surface area (Å²) in [5.41, 5.74) is 1.81. The first-order valence-corrected chi connectivity index (χ1v) is 7.38. The molecule has 7 heteroatoms. The van der Waals surface area contributed by atoms with Crippen LogP contribution in [0.2, 0.25) is 0 Å². The lowest BCUT2D eigenvalue weighted by molar-refractivity contribution is -0.117. The summed E-state index contributed by atoms with van der Waals surface area (Å²) in [7, 11) is 0. The van der Waals surface area contributed by atoms with Crippen LogP contribution in [0.15, 0.2) is 12.3 Å². The van der Waals surface area contributed by atoms with E-state index in [-0.39, 0.29) is 11.8 Å². The van der Waals surface area contributed by atoms with Crippen molar-refractivity contribution in [3.8, 4) is 6.07 Å². The first kappa shape index (κ1) is 13.1. The van der Waals surface area contributed by atoms with E-state index in [1.807, 2.05) is 13.0 Å². The topological polar surface area (TPSA) is 74.3 Å². The lowest BCUT2D eigenvalue weighted by atomic mass is 10.2. The molecule has 1 unspecified atom stereocenters. The largest absolute Gasteiger partial charge is 0.295 e. The monoisotopic (exact) mass is 333 g/mol. The van der Waals surface area contributed by atoms with Crippen LogP contribution in [0.3, 0.4) is 0 Å². The van der Waals surface area contributed by atoms with Crippen LogP contribution in [-0.2, 0) is 4.79 Å². The van der Waals surface area contributed by atoms with Gasteiger partial charge >= 0.3 is 0 Å². The fourth-order valence-electron chi connectivity index (χ4n) is 2.46. The molecule has 0 aliphatic carbocycles. The normalized spacial score (nSPS) is 18.8. The molecule has 1 fully saturated rings. The van der Waals surface area contributed by atoms with Crippen molar-refractivity contribution in [2.45, 2.75) is 13.3 Å². The van der Waals surface area contributed by atoms with Crippen LogP contribution in [0.25, 0.3) is 5.65 Å². The zero-order valence-electron chi connectivity index (χ0n) is 10.9. The number of anilines is 1. The van der Waals surface area contributed by atoms with Crippen LogP contribution in [0, 0.1) is 24.2 Å². The number of hydrogen-bond donors (Lipinski definition) is 0. The molecule has 0 N–H and O–H groups in total. The standard InChI is InChI=1S/C13H12BrN5O/c1-8-2-11-16-6-10(5-15)13(19(11)17-8)18-7-9(4-14)3-12(18)20/h2,6,9H,3-4,7H2,1H3. The Morgan fingerprint density at radius 2 is 2.40 bits per heavy atom. The van der Waals surface area contributed by atoms with Crippen molar-refractivity contribution in [2.75, 3.05) is 16.8 Å². The molecule has 2 aromatic rings. The van der Waals surface area contributed by atoms with Gasteiger partial charge in [-0.1, -0.05) is 15.9 Å². The molecule has 0 radical (unpaired) electrons. The van der Waals surface area contributed by atoms with Crippen LogP contribution in [0.1, 0.15) is 17.7 Å². The molecular weight excluding hydrogens is 322 g/mol. The van der Waals surface area contributed by atoms with Crippen molar-refractivity contribution >= 4 is 33.3 Å². The maximum absolute atomic E-state index is 12.2. The first-order valence-electron chi connectivity index (χ1n) is 6.26. The van der Waals surface area contributed by atoms with Crippen molar-refractivity contribution in [3.63, 3.8) is 0 Å². The van der Waals surface area contributed by atoms with Crippen LogP contribution in [-0.4, -0.2) is 32.4 Å². The number of aromatic nitrogens is 3. The number of amides is 1. The Hall–Kier alpha value is -1.94. The van der Waals surface area contributed by atoms with Crippen molar-refractivity contribution in [3.05, 3.63) is 23.5 Å². The van der Waals surface area contributed by atoms with Gasteiger partial charge < -0.3 is 0 Å². The molecule has 1 atom stereocenters. The molecule has 0 aromatic carbocycles. The number of rotatable bonds is 2. The molecule has 102 valence electrons. The average Bonchev–Trinajstić information content (AvgIpc) is 2.99. The second kappa shape index (κ2) is 4.87. The number of aryl methyl sites for hydroxylation is 1. The molecule has 20 heavy (non-hydrogen) atoms. The van der Waals surface area contributed by atoms with Crippen LogP contribution >= 0.6 is 15.9 Å². The van der Waals surface area contributed by atoms with E-state index in [1.165, 1.54) is 6.20 Å². The van der Waals surface area contributed by atoms with Gasteiger partial charge in [-0.25, -0.2) is 4.98 Å². The second-order valence-corrected chi connectivity index (χ2v) is 5.54. The van der Waals surface area contributed by atoms with Gasteiger partial charge in [0.05, 0.1) is 11.9 Å². The van der Waals surface area contributed by atoms with Gasteiger partial charge in [0, 0.05) is 24.4 Å². The summed E-state index contributed by atoms with van der Waals surface area (Å²) in [6.45, 7) is 2.45. The molecule has 0 bridgehead atoms. The maximum atomic E-state index is 12.2. The summed E-state index contributed by atoms with van der Waals surface area (Å²) in [5, 5.41) is 14.4. The van der Waals surface area contributed by atoms with E-state index < -0.39 is 0 Å². The SMILES string of the molecule is Cc1cc2ncc(C#N)c(N3CC(CBr)CC3=O)n2n1. The van der Waals surface area contributed by atoms with Gasteiger partial charge in [-0.2, -0.15) is 14.9 Å². The summed E-state index contributed by atoms with van der Waals surface area (Å²) in [6.07, 6.45) is 1.99. The molecule has 0 spiro atoms. The summed E-state index contributed by atoms with van der Waals surface area (Å²) < 4.78 is 1.59. The second-order valence-electron chi connectivity index (χ2n) is 4.89. The van der Waals surface area contributed by atoms with Gasteiger partial charge in [0.1, 0.15) is 11.6 Å². The minimum absolute atomic E-state index is 0.0200. The number of carbonyl (C=O) groups is 1. The lowest BCUT2D eigenvalue weighted by Gasteiger charge is -2.18. The number of hydrogen-bond acceptors (Lipinski definition) is 4. The highest BCUT2D eigenvalue weighted by Crippen LogP contribution is 2.28. The van der Waals surface area contributed by atoms with E-state index in [0.29, 0.717) is 30.0 Å². The smallest absolute Gasteiger partial charge is 0.228 e. The molecular formula is C13H12BrN5O. The summed E-state index contributed by atoms with van der Waals surface area (Å²) in [6, 6.07) is 3.92. The van der Waals surface area contributed by atoms with Gasteiger partial charge in [-0.15, -0.1) is 0 Å². The number of carbonyl (C=O) groups excluding carboxylic acids is 1. The fraction of sp³-hybridized carbons (Fsp3) is 0.385. The van der Waals surface area contributed by atoms with Crippen molar-refractivity contribution < 1.29 is 4.79 Å². The summed E-state index contributed by atoms with van der Waals surface area (Å²) >= 11 is 3.41. The number of nitrogens with zero attached hydrogens (tertiary/aromatic N) is 5. The first-order chi connectivity index (χ1) is 9.63. The quantitative estimate of drug-likeness (QED) is 0.783. The number of nitriles is 1. The number of alkyl halides is 1. The summed E-state index contributed by atoms with van der Waals surface area (Å²) in [5.74, 6) is 0.805. The molecule has 1 saturated heterocycles. The minimum Gasteiger partial charge on any atom is -0.295 e. The Morgan fingerprint density at radius 1 is 1.60 bits per heavy atom. The van der Waals surface area contributed by atoms with Crippen molar-refractivity contribution in [2.24, 2.45) is 5.92 Å².